The van der Waals surface area contributed by atoms with Gasteiger partial charge in [0.15, 0.2) is 5.96 Å². The van der Waals surface area contributed by atoms with E-state index in [2.05, 4.69) is 41.4 Å². The number of nitro benzene ring substituents is 1. The van der Waals surface area contributed by atoms with Crippen molar-refractivity contribution < 1.29 is 9.34 Å². The van der Waals surface area contributed by atoms with Gasteiger partial charge in [0.2, 0.25) is 5.89 Å². The van der Waals surface area contributed by atoms with Gasteiger partial charge in [-0.1, -0.05) is 32.9 Å². The van der Waals surface area contributed by atoms with Crippen LogP contribution in [0.15, 0.2) is 39.9 Å². The number of benzene rings is 1. The first-order chi connectivity index (χ1) is 12.3. The van der Waals surface area contributed by atoms with Crippen LogP contribution < -0.4 is 10.6 Å². The van der Waals surface area contributed by atoms with Crippen LogP contribution in [0.3, 0.4) is 0 Å². The Kier molecular flexibility index (Phi) is 8.67. The Morgan fingerprint density at radius 3 is 2.67 bits per heavy atom. The number of oxazole rings is 1. The Labute approximate surface area is 176 Å². The topological polar surface area (TPSA) is 106 Å². The number of guanidine groups is 1. The van der Waals surface area contributed by atoms with Crippen LogP contribution in [-0.2, 0) is 18.5 Å². The minimum absolute atomic E-state index is 0. The molecular weight excluding hydrogens is 461 g/mol. The summed E-state index contributed by atoms with van der Waals surface area (Å²) in [4.78, 5) is 19.2. The first-order valence-electron chi connectivity index (χ1n) is 8.50. The maximum Gasteiger partial charge on any atom is 0.269 e. The van der Waals surface area contributed by atoms with E-state index >= 15 is 0 Å². The summed E-state index contributed by atoms with van der Waals surface area (Å²) in [7, 11) is 0. The zero-order chi connectivity index (χ0) is 19.2. The molecule has 1 heterocycles. The Bertz CT molecular complexity index is 783. The average Bonchev–Trinajstić information content (AvgIpc) is 3.07. The first kappa shape index (κ1) is 22.9. The molecule has 0 amide bonds. The van der Waals surface area contributed by atoms with Crippen LogP contribution in [0.25, 0.3) is 0 Å². The van der Waals surface area contributed by atoms with E-state index in [9.17, 15) is 10.1 Å². The van der Waals surface area contributed by atoms with E-state index in [1.807, 2.05) is 13.0 Å². The zero-order valence-electron chi connectivity index (χ0n) is 16.0. The summed E-state index contributed by atoms with van der Waals surface area (Å²) in [6.07, 6.45) is 1.74. The van der Waals surface area contributed by atoms with E-state index in [0.717, 1.165) is 11.3 Å². The largest absolute Gasteiger partial charge is 0.443 e. The van der Waals surface area contributed by atoms with Crippen LogP contribution in [0, 0.1) is 10.1 Å². The molecule has 2 aromatic rings. The highest BCUT2D eigenvalue weighted by molar-refractivity contribution is 14.0. The minimum Gasteiger partial charge on any atom is -0.443 e. The molecule has 0 radical (unpaired) electrons. The van der Waals surface area contributed by atoms with Gasteiger partial charge in [-0.15, -0.1) is 24.0 Å². The number of nitro groups is 1. The van der Waals surface area contributed by atoms with Crippen molar-refractivity contribution >= 4 is 35.6 Å². The van der Waals surface area contributed by atoms with Crippen molar-refractivity contribution in [2.75, 3.05) is 6.54 Å². The van der Waals surface area contributed by atoms with E-state index in [1.165, 1.54) is 12.1 Å². The molecule has 0 aliphatic carbocycles. The van der Waals surface area contributed by atoms with Crippen molar-refractivity contribution in [2.24, 2.45) is 4.99 Å². The van der Waals surface area contributed by atoms with E-state index in [1.54, 1.807) is 12.3 Å². The second kappa shape index (κ2) is 10.2. The van der Waals surface area contributed by atoms with Gasteiger partial charge in [-0.2, -0.15) is 0 Å². The van der Waals surface area contributed by atoms with Gasteiger partial charge in [-0.3, -0.25) is 10.1 Å². The highest BCUT2D eigenvalue weighted by Gasteiger charge is 2.19. The Morgan fingerprint density at radius 2 is 2.07 bits per heavy atom. The molecule has 1 aromatic carbocycles. The maximum absolute atomic E-state index is 10.9. The van der Waals surface area contributed by atoms with Crippen molar-refractivity contribution in [3.8, 4) is 0 Å². The first-order valence-corrected chi connectivity index (χ1v) is 8.50. The summed E-state index contributed by atoms with van der Waals surface area (Å²) in [6.45, 7) is 9.58. The number of hydrogen-bond acceptors (Lipinski definition) is 5. The molecule has 1 aromatic heterocycles. The Balaban J connectivity index is 0.00000364. The van der Waals surface area contributed by atoms with Gasteiger partial charge in [-0.25, -0.2) is 9.98 Å². The van der Waals surface area contributed by atoms with Crippen LogP contribution in [0.2, 0.25) is 0 Å². The zero-order valence-corrected chi connectivity index (χ0v) is 18.3. The lowest BCUT2D eigenvalue weighted by Crippen LogP contribution is -2.36. The van der Waals surface area contributed by atoms with Gasteiger partial charge >= 0.3 is 0 Å². The van der Waals surface area contributed by atoms with Gasteiger partial charge in [0, 0.05) is 24.1 Å². The van der Waals surface area contributed by atoms with E-state index in [-0.39, 0.29) is 35.1 Å². The smallest absolute Gasteiger partial charge is 0.269 e. The number of non-ortho nitro benzene ring substituents is 1. The van der Waals surface area contributed by atoms with E-state index < -0.39 is 4.92 Å². The molecule has 0 unspecified atom stereocenters. The molecule has 27 heavy (non-hydrogen) atoms. The highest BCUT2D eigenvalue weighted by Crippen LogP contribution is 2.22. The molecule has 0 saturated heterocycles. The molecule has 0 atom stereocenters. The Hall–Kier alpha value is -2.17. The van der Waals surface area contributed by atoms with Gasteiger partial charge in [0.25, 0.3) is 5.69 Å². The highest BCUT2D eigenvalue weighted by atomic mass is 127. The SMILES string of the molecule is CCNC(=NCc1cccc([N+](=O)[O-])c1)NCc1ncc(C(C)(C)C)o1.I. The predicted octanol–water partition coefficient (Wildman–Crippen LogP) is 3.75. The van der Waals surface area contributed by atoms with Crippen molar-refractivity contribution in [2.45, 2.75) is 46.2 Å². The standard InChI is InChI=1S/C18H25N5O3.HI/c1-5-19-17(21-10-13-7-6-8-14(9-13)23(24)25)22-12-16-20-11-15(26-16)18(2,3)4;/h6-9,11H,5,10,12H2,1-4H3,(H2,19,21,22);1H. The third-order valence-corrected chi connectivity index (χ3v) is 3.59. The lowest BCUT2D eigenvalue weighted by Gasteiger charge is -2.13. The monoisotopic (exact) mass is 487 g/mol. The maximum atomic E-state index is 10.9. The van der Waals surface area contributed by atoms with E-state index in [0.29, 0.717) is 31.5 Å². The van der Waals surface area contributed by atoms with Gasteiger partial charge in [-0.05, 0) is 12.5 Å². The summed E-state index contributed by atoms with van der Waals surface area (Å²) in [5.41, 5.74) is 0.735. The summed E-state index contributed by atoms with van der Waals surface area (Å²) in [6, 6.07) is 6.46. The van der Waals surface area contributed by atoms with Gasteiger partial charge < -0.3 is 15.1 Å². The number of hydrogen-bond donors (Lipinski definition) is 2. The summed E-state index contributed by atoms with van der Waals surface area (Å²) in [5, 5.41) is 17.1. The number of nitrogens with one attached hydrogen (secondary N) is 2. The third-order valence-electron chi connectivity index (χ3n) is 3.59. The van der Waals surface area contributed by atoms with Crippen molar-refractivity contribution in [3.63, 3.8) is 0 Å². The second-order valence-corrected chi connectivity index (χ2v) is 6.84. The lowest BCUT2D eigenvalue weighted by molar-refractivity contribution is -0.384. The van der Waals surface area contributed by atoms with E-state index in [4.69, 9.17) is 4.42 Å². The third kappa shape index (κ3) is 7.16. The lowest BCUT2D eigenvalue weighted by atomic mass is 9.94. The molecule has 9 heteroatoms. The number of nitrogens with zero attached hydrogens (tertiary/aromatic N) is 3. The van der Waals surface area contributed by atoms with Crippen molar-refractivity contribution in [1.29, 1.82) is 0 Å². The number of halogens is 1. The van der Waals surface area contributed by atoms with Crippen LogP contribution in [-0.4, -0.2) is 22.4 Å². The van der Waals surface area contributed by atoms with Crippen LogP contribution in [0.5, 0.6) is 0 Å². The molecular formula is C18H26IN5O3. The fraction of sp³-hybridized carbons (Fsp3) is 0.444. The molecule has 0 aliphatic heterocycles. The quantitative estimate of drug-likeness (QED) is 0.211. The molecule has 0 fully saturated rings. The fourth-order valence-electron chi connectivity index (χ4n) is 2.18. The van der Waals surface area contributed by atoms with Crippen LogP contribution in [0.1, 0.15) is 44.9 Å². The molecule has 0 saturated carbocycles. The molecule has 0 bridgehead atoms. The number of aliphatic imine (C=N–C) groups is 1. The molecule has 148 valence electrons. The molecule has 8 nitrogen and oxygen atoms in total. The normalized spacial score (nSPS) is 11.6. The molecule has 0 spiro atoms. The summed E-state index contributed by atoms with van der Waals surface area (Å²) in [5.74, 6) is 2.00. The average molecular weight is 487 g/mol. The molecule has 2 N–H and O–H groups in total. The number of rotatable bonds is 6. The van der Waals surface area contributed by atoms with Crippen LogP contribution >= 0.6 is 24.0 Å². The second-order valence-electron chi connectivity index (χ2n) is 6.84. The minimum atomic E-state index is -0.411. The summed E-state index contributed by atoms with van der Waals surface area (Å²) < 4.78 is 5.75. The Morgan fingerprint density at radius 1 is 1.33 bits per heavy atom. The molecule has 2 rings (SSSR count). The number of aromatic nitrogens is 1. The van der Waals surface area contributed by atoms with Gasteiger partial charge in [0.1, 0.15) is 5.76 Å². The van der Waals surface area contributed by atoms with Crippen LogP contribution in [0.4, 0.5) is 5.69 Å². The fourth-order valence-corrected chi connectivity index (χ4v) is 2.18. The molecule has 0 aliphatic rings. The summed E-state index contributed by atoms with van der Waals surface area (Å²) >= 11 is 0. The predicted molar refractivity (Wildman–Crippen MR) is 115 cm³/mol. The van der Waals surface area contributed by atoms with Crippen molar-refractivity contribution in [3.05, 3.63) is 57.8 Å². The van der Waals surface area contributed by atoms with Crippen molar-refractivity contribution in [1.82, 2.24) is 15.6 Å². The van der Waals surface area contributed by atoms with Gasteiger partial charge in [0.05, 0.1) is 24.2 Å².